The van der Waals surface area contributed by atoms with Gasteiger partial charge in [-0.2, -0.15) is 0 Å². The van der Waals surface area contributed by atoms with Crippen LogP contribution in [0.3, 0.4) is 0 Å². The lowest BCUT2D eigenvalue weighted by molar-refractivity contribution is -0.137. The second kappa shape index (κ2) is 5.97. The summed E-state index contributed by atoms with van der Waals surface area (Å²) < 4.78 is 31.9. The number of rotatable bonds is 6. The minimum absolute atomic E-state index is 0.0212. The van der Waals surface area contributed by atoms with E-state index in [2.05, 4.69) is 0 Å². The SMILES string of the molecule is COc1c(C(N)CCC(=O)O)cccc1C(C)(F)F. The molecule has 1 atom stereocenters. The topological polar surface area (TPSA) is 72.5 Å². The fourth-order valence-corrected chi connectivity index (χ4v) is 1.85. The Labute approximate surface area is 110 Å². The molecule has 6 heteroatoms. The van der Waals surface area contributed by atoms with E-state index in [1.807, 2.05) is 0 Å². The van der Waals surface area contributed by atoms with Gasteiger partial charge in [-0.25, -0.2) is 8.78 Å². The molecule has 0 bridgehead atoms. The minimum atomic E-state index is -3.05. The molecule has 19 heavy (non-hydrogen) atoms. The molecule has 4 nitrogen and oxygen atoms in total. The number of carbonyl (C=O) groups is 1. The van der Waals surface area contributed by atoms with Gasteiger partial charge in [-0.05, 0) is 12.5 Å². The van der Waals surface area contributed by atoms with Crippen molar-refractivity contribution >= 4 is 5.97 Å². The van der Waals surface area contributed by atoms with Crippen LogP contribution >= 0.6 is 0 Å². The lowest BCUT2D eigenvalue weighted by atomic mass is 9.97. The molecule has 3 N–H and O–H groups in total. The van der Waals surface area contributed by atoms with Gasteiger partial charge in [0.2, 0.25) is 0 Å². The number of ether oxygens (including phenoxy) is 1. The summed E-state index contributed by atoms with van der Waals surface area (Å²) in [6, 6.07) is 3.64. The largest absolute Gasteiger partial charge is 0.496 e. The number of para-hydroxylation sites is 1. The van der Waals surface area contributed by atoms with Gasteiger partial charge >= 0.3 is 5.97 Å². The van der Waals surface area contributed by atoms with Crippen molar-refractivity contribution in [2.24, 2.45) is 5.73 Å². The molecule has 0 saturated carbocycles. The predicted molar refractivity (Wildman–Crippen MR) is 66.4 cm³/mol. The van der Waals surface area contributed by atoms with Crippen LogP contribution < -0.4 is 10.5 Å². The molecule has 0 radical (unpaired) electrons. The molecule has 0 fully saturated rings. The van der Waals surface area contributed by atoms with Crippen molar-refractivity contribution in [3.8, 4) is 5.75 Å². The Morgan fingerprint density at radius 1 is 1.53 bits per heavy atom. The van der Waals surface area contributed by atoms with Crippen molar-refractivity contribution in [3.63, 3.8) is 0 Å². The summed E-state index contributed by atoms with van der Waals surface area (Å²) in [6.45, 7) is 0.775. The van der Waals surface area contributed by atoms with Gasteiger partial charge in [-0.1, -0.05) is 12.1 Å². The lowest BCUT2D eigenvalue weighted by Gasteiger charge is -2.20. The lowest BCUT2D eigenvalue weighted by Crippen LogP contribution is -2.16. The molecule has 0 spiro atoms. The second-order valence-corrected chi connectivity index (χ2v) is 4.36. The fraction of sp³-hybridized carbons (Fsp3) is 0.462. The summed E-state index contributed by atoms with van der Waals surface area (Å²) in [5.74, 6) is -4.01. The monoisotopic (exact) mass is 273 g/mol. The highest BCUT2D eigenvalue weighted by atomic mass is 19.3. The molecular weight excluding hydrogens is 256 g/mol. The van der Waals surface area contributed by atoms with Crippen molar-refractivity contribution in [2.45, 2.75) is 31.7 Å². The summed E-state index contributed by atoms with van der Waals surface area (Å²) in [4.78, 5) is 10.5. The van der Waals surface area contributed by atoms with E-state index in [0.717, 1.165) is 6.92 Å². The van der Waals surface area contributed by atoms with Crippen LogP contribution in [0.2, 0.25) is 0 Å². The molecular formula is C13H17F2NO3. The maximum atomic E-state index is 13.4. The standard InChI is InChI=1S/C13H17F2NO3/c1-13(14,15)9-5-3-4-8(12(9)19-2)10(16)6-7-11(17)18/h3-5,10H,6-7,16H2,1-2H3,(H,17,18). The zero-order valence-electron chi connectivity index (χ0n) is 10.8. The van der Waals surface area contributed by atoms with Crippen molar-refractivity contribution in [3.05, 3.63) is 29.3 Å². The smallest absolute Gasteiger partial charge is 0.303 e. The number of halogens is 2. The van der Waals surface area contributed by atoms with Crippen LogP contribution in [-0.2, 0) is 10.7 Å². The maximum Gasteiger partial charge on any atom is 0.303 e. The molecule has 1 aromatic rings. The van der Waals surface area contributed by atoms with Crippen LogP contribution in [0.15, 0.2) is 18.2 Å². The van der Waals surface area contributed by atoms with Crippen LogP contribution in [0.25, 0.3) is 0 Å². The number of nitrogens with two attached hydrogens (primary N) is 1. The minimum Gasteiger partial charge on any atom is -0.496 e. The van der Waals surface area contributed by atoms with E-state index in [0.29, 0.717) is 5.56 Å². The Morgan fingerprint density at radius 2 is 2.16 bits per heavy atom. The zero-order chi connectivity index (χ0) is 14.6. The number of methoxy groups -OCH3 is 1. The molecule has 1 aromatic carbocycles. The Morgan fingerprint density at radius 3 is 2.63 bits per heavy atom. The van der Waals surface area contributed by atoms with Gasteiger partial charge in [-0.3, -0.25) is 4.79 Å². The first-order chi connectivity index (χ1) is 8.77. The number of hydrogen-bond acceptors (Lipinski definition) is 3. The molecule has 0 aliphatic heterocycles. The van der Waals surface area contributed by atoms with Gasteiger partial charge in [0.15, 0.2) is 0 Å². The second-order valence-electron chi connectivity index (χ2n) is 4.36. The summed E-state index contributed by atoms with van der Waals surface area (Å²) >= 11 is 0. The number of alkyl halides is 2. The third kappa shape index (κ3) is 3.89. The van der Waals surface area contributed by atoms with E-state index in [1.165, 1.54) is 19.2 Å². The van der Waals surface area contributed by atoms with Gasteiger partial charge in [0.05, 0.1) is 12.7 Å². The Balaban J connectivity index is 3.10. The summed E-state index contributed by atoms with van der Waals surface area (Å²) in [5.41, 5.74) is 5.98. The predicted octanol–water partition coefficient (Wildman–Crippen LogP) is 2.67. The average molecular weight is 273 g/mol. The summed E-state index contributed by atoms with van der Waals surface area (Å²) in [6.07, 6.45) is 0.0293. The Bertz CT molecular complexity index is 458. The van der Waals surface area contributed by atoms with Crippen molar-refractivity contribution < 1.29 is 23.4 Å². The molecule has 0 amide bonds. The number of hydrogen-bond donors (Lipinski definition) is 2. The van der Waals surface area contributed by atoms with E-state index >= 15 is 0 Å². The number of aliphatic carboxylic acids is 1. The van der Waals surface area contributed by atoms with E-state index < -0.39 is 17.9 Å². The van der Waals surface area contributed by atoms with E-state index in [-0.39, 0.29) is 24.2 Å². The van der Waals surface area contributed by atoms with Crippen LogP contribution in [0, 0.1) is 0 Å². The van der Waals surface area contributed by atoms with Crippen molar-refractivity contribution in [1.82, 2.24) is 0 Å². The third-order valence-electron chi connectivity index (χ3n) is 2.79. The van der Waals surface area contributed by atoms with Gasteiger partial charge in [-0.15, -0.1) is 0 Å². The molecule has 0 heterocycles. The third-order valence-corrected chi connectivity index (χ3v) is 2.79. The van der Waals surface area contributed by atoms with Crippen LogP contribution in [-0.4, -0.2) is 18.2 Å². The number of carboxylic acids is 1. The average Bonchev–Trinajstić information content (AvgIpc) is 2.33. The van der Waals surface area contributed by atoms with E-state index in [4.69, 9.17) is 15.6 Å². The first kappa shape index (κ1) is 15.4. The van der Waals surface area contributed by atoms with Crippen LogP contribution in [0.1, 0.15) is 36.9 Å². The Hall–Kier alpha value is -1.69. The van der Waals surface area contributed by atoms with Gasteiger partial charge < -0.3 is 15.6 Å². The van der Waals surface area contributed by atoms with E-state index in [9.17, 15) is 13.6 Å². The van der Waals surface area contributed by atoms with Gasteiger partial charge in [0.25, 0.3) is 5.92 Å². The zero-order valence-corrected chi connectivity index (χ0v) is 10.8. The highest BCUT2D eigenvalue weighted by molar-refractivity contribution is 5.66. The highest BCUT2D eigenvalue weighted by Gasteiger charge is 2.30. The molecule has 1 rings (SSSR count). The molecule has 1 unspecified atom stereocenters. The number of benzene rings is 1. The summed E-state index contributed by atoms with van der Waals surface area (Å²) in [5, 5.41) is 8.61. The van der Waals surface area contributed by atoms with Gasteiger partial charge in [0, 0.05) is 24.9 Å². The highest BCUT2D eigenvalue weighted by Crippen LogP contribution is 2.38. The molecule has 0 aliphatic carbocycles. The molecule has 106 valence electrons. The maximum absolute atomic E-state index is 13.4. The van der Waals surface area contributed by atoms with Crippen LogP contribution in [0.5, 0.6) is 5.75 Å². The fourth-order valence-electron chi connectivity index (χ4n) is 1.85. The van der Waals surface area contributed by atoms with Crippen molar-refractivity contribution in [1.29, 1.82) is 0 Å². The Kier molecular flexibility index (Phi) is 4.83. The van der Waals surface area contributed by atoms with Gasteiger partial charge in [0.1, 0.15) is 5.75 Å². The van der Waals surface area contributed by atoms with Crippen LogP contribution in [0.4, 0.5) is 8.78 Å². The van der Waals surface area contributed by atoms with Crippen molar-refractivity contribution in [2.75, 3.05) is 7.11 Å². The summed E-state index contributed by atoms with van der Waals surface area (Å²) in [7, 11) is 1.29. The molecule has 0 saturated heterocycles. The number of carboxylic acid groups (broad SMARTS) is 1. The normalized spacial score (nSPS) is 13.1. The molecule has 0 aromatic heterocycles. The first-order valence-corrected chi connectivity index (χ1v) is 5.80. The molecule has 0 aliphatic rings. The quantitative estimate of drug-likeness (QED) is 0.835. The van der Waals surface area contributed by atoms with E-state index in [1.54, 1.807) is 6.07 Å². The first-order valence-electron chi connectivity index (χ1n) is 5.80.